The molecule has 0 saturated carbocycles. The first kappa shape index (κ1) is 20.8. The zero-order valence-electron chi connectivity index (χ0n) is 15.3. The molecule has 8 nitrogen and oxygen atoms in total. The summed E-state index contributed by atoms with van der Waals surface area (Å²) < 4.78 is 4.68. The molecule has 0 aliphatic heterocycles. The molecule has 0 spiro atoms. The second kappa shape index (κ2) is 9.96. The largest absolute Gasteiger partial charge is 0.508 e. The predicted molar refractivity (Wildman–Crippen MR) is 101 cm³/mol. The highest BCUT2D eigenvalue weighted by Crippen LogP contribution is 2.11. The van der Waals surface area contributed by atoms with Gasteiger partial charge in [-0.25, -0.2) is 4.79 Å². The molecule has 2 aromatic rings. The van der Waals surface area contributed by atoms with Gasteiger partial charge in [0, 0.05) is 6.54 Å². The summed E-state index contributed by atoms with van der Waals surface area (Å²) in [7, 11) is 1.19. The van der Waals surface area contributed by atoms with Crippen molar-refractivity contribution in [1.29, 1.82) is 0 Å². The zero-order chi connectivity index (χ0) is 20.5. The van der Waals surface area contributed by atoms with Crippen LogP contribution in [0.25, 0.3) is 0 Å². The molecule has 4 N–H and O–H groups in total. The van der Waals surface area contributed by atoms with Crippen LogP contribution >= 0.6 is 0 Å². The SMILES string of the molecule is COC(=O)[C@H](CNC(=O)Cc1ccc(O)cc1)NC(=O)Cc1ccc(O)cc1. The van der Waals surface area contributed by atoms with Gasteiger partial charge in [-0.2, -0.15) is 0 Å². The topological polar surface area (TPSA) is 125 Å². The first-order valence-corrected chi connectivity index (χ1v) is 8.57. The monoisotopic (exact) mass is 386 g/mol. The summed E-state index contributed by atoms with van der Waals surface area (Å²) in [6.07, 6.45) is 0.0743. The fourth-order valence-corrected chi connectivity index (χ4v) is 2.46. The predicted octanol–water partition coefficient (Wildman–Crippen LogP) is 0.657. The Bertz CT molecular complexity index is 818. The van der Waals surface area contributed by atoms with Crippen molar-refractivity contribution in [2.24, 2.45) is 0 Å². The molecule has 2 amide bonds. The lowest BCUT2D eigenvalue weighted by molar-refractivity contribution is -0.145. The van der Waals surface area contributed by atoms with Crippen molar-refractivity contribution in [1.82, 2.24) is 10.6 Å². The van der Waals surface area contributed by atoms with Crippen molar-refractivity contribution in [3.05, 3.63) is 59.7 Å². The van der Waals surface area contributed by atoms with Gasteiger partial charge in [-0.3, -0.25) is 9.59 Å². The molecule has 0 fully saturated rings. The molecule has 0 aliphatic rings. The number of carbonyl (C=O) groups excluding carboxylic acids is 3. The molecule has 0 bridgehead atoms. The van der Waals surface area contributed by atoms with Gasteiger partial charge in [0.1, 0.15) is 17.5 Å². The Morgan fingerprint density at radius 1 is 0.857 bits per heavy atom. The molecule has 0 heterocycles. The van der Waals surface area contributed by atoms with E-state index in [0.29, 0.717) is 11.1 Å². The first-order valence-electron chi connectivity index (χ1n) is 8.57. The number of rotatable bonds is 8. The number of esters is 1. The minimum absolute atomic E-state index is 0.00916. The Morgan fingerprint density at radius 3 is 1.79 bits per heavy atom. The van der Waals surface area contributed by atoms with Crippen molar-refractivity contribution in [3.63, 3.8) is 0 Å². The van der Waals surface area contributed by atoms with Crippen molar-refractivity contribution in [3.8, 4) is 11.5 Å². The zero-order valence-corrected chi connectivity index (χ0v) is 15.3. The quantitative estimate of drug-likeness (QED) is 0.494. The molecule has 148 valence electrons. The van der Waals surface area contributed by atoms with Crippen molar-refractivity contribution >= 4 is 17.8 Å². The summed E-state index contributed by atoms with van der Waals surface area (Å²) in [5.41, 5.74) is 1.36. The van der Waals surface area contributed by atoms with Crippen LogP contribution in [-0.2, 0) is 32.0 Å². The lowest BCUT2D eigenvalue weighted by Gasteiger charge is -2.17. The average Bonchev–Trinajstić information content (AvgIpc) is 2.68. The molecule has 2 aromatic carbocycles. The Kier molecular flexibility index (Phi) is 7.38. The third-order valence-corrected chi connectivity index (χ3v) is 3.93. The van der Waals surface area contributed by atoms with Crippen LogP contribution in [0.1, 0.15) is 11.1 Å². The number of carbonyl (C=O) groups is 3. The second-order valence-electron chi connectivity index (χ2n) is 6.13. The maximum absolute atomic E-state index is 12.2. The molecule has 0 aromatic heterocycles. The van der Waals surface area contributed by atoms with Crippen molar-refractivity contribution < 1.29 is 29.3 Å². The van der Waals surface area contributed by atoms with Gasteiger partial charge in [-0.1, -0.05) is 24.3 Å². The van der Waals surface area contributed by atoms with E-state index in [4.69, 9.17) is 0 Å². The second-order valence-corrected chi connectivity index (χ2v) is 6.13. The van der Waals surface area contributed by atoms with Gasteiger partial charge in [0.05, 0.1) is 20.0 Å². The summed E-state index contributed by atoms with van der Waals surface area (Å²) in [6, 6.07) is 11.3. The minimum Gasteiger partial charge on any atom is -0.508 e. The lowest BCUT2D eigenvalue weighted by Crippen LogP contribution is -2.49. The van der Waals surface area contributed by atoms with Gasteiger partial charge in [0.2, 0.25) is 11.8 Å². The van der Waals surface area contributed by atoms with E-state index < -0.39 is 17.9 Å². The average molecular weight is 386 g/mol. The summed E-state index contributed by atoms with van der Waals surface area (Å²) in [5, 5.41) is 23.6. The van der Waals surface area contributed by atoms with Gasteiger partial charge < -0.3 is 25.6 Å². The Balaban J connectivity index is 1.88. The highest BCUT2D eigenvalue weighted by atomic mass is 16.5. The van der Waals surface area contributed by atoms with Crippen LogP contribution in [0.15, 0.2) is 48.5 Å². The molecule has 0 unspecified atom stereocenters. The number of amides is 2. The number of aromatic hydroxyl groups is 2. The van der Waals surface area contributed by atoms with Crippen LogP contribution in [0.5, 0.6) is 11.5 Å². The fourth-order valence-electron chi connectivity index (χ4n) is 2.46. The number of hydrogen-bond acceptors (Lipinski definition) is 6. The number of nitrogens with one attached hydrogen (secondary N) is 2. The number of phenolic OH excluding ortho intramolecular Hbond substituents is 2. The van der Waals surface area contributed by atoms with E-state index in [1.165, 1.54) is 31.4 Å². The van der Waals surface area contributed by atoms with E-state index in [-0.39, 0.29) is 36.8 Å². The maximum atomic E-state index is 12.2. The van der Waals surface area contributed by atoms with E-state index >= 15 is 0 Å². The molecule has 0 saturated heterocycles. The van der Waals surface area contributed by atoms with Crippen molar-refractivity contribution in [2.45, 2.75) is 18.9 Å². The number of benzene rings is 2. The van der Waals surface area contributed by atoms with Crippen LogP contribution in [-0.4, -0.2) is 47.7 Å². The highest BCUT2D eigenvalue weighted by molar-refractivity contribution is 5.86. The molecule has 2 rings (SSSR count). The van der Waals surface area contributed by atoms with E-state index in [9.17, 15) is 24.6 Å². The number of methoxy groups -OCH3 is 1. The summed E-state index contributed by atoms with van der Waals surface area (Å²) in [4.78, 5) is 36.1. The van der Waals surface area contributed by atoms with Crippen molar-refractivity contribution in [2.75, 3.05) is 13.7 Å². The molecule has 28 heavy (non-hydrogen) atoms. The number of ether oxygens (including phenoxy) is 1. The highest BCUT2D eigenvalue weighted by Gasteiger charge is 2.22. The molecule has 0 radical (unpaired) electrons. The Labute approximate surface area is 162 Å². The van der Waals surface area contributed by atoms with Crippen LogP contribution in [0.4, 0.5) is 0 Å². The molecular formula is C20H22N2O6. The normalized spacial score (nSPS) is 11.3. The fraction of sp³-hybridized carbons (Fsp3) is 0.250. The molecular weight excluding hydrogens is 364 g/mol. The van der Waals surface area contributed by atoms with Crippen LogP contribution < -0.4 is 10.6 Å². The summed E-state index contributed by atoms with van der Waals surface area (Å²) >= 11 is 0. The first-order chi connectivity index (χ1) is 13.4. The maximum Gasteiger partial charge on any atom is 0.330 e. The molecule has 8 heteroatoms. The van der Waals surface area contributed by atoms with E-state index in [0.717, 1.165) is 0 Å². The van der Waals surface area contributed by atoms with E-state index in [2.05, 4.69) is 15.4 Å². The summed E-state index contributed by atoms with van der Waals surface area (Å²) in [6.45, 7) is -0.120. The number of phenols is 2. The van der Waals surface area contributed by atoms with E-state index in [1.807, 2.05) is 0 Å². The van der Waals surface area contributed by atoms with Crippen LogP contribution in [0.2, 0.25) is 0 Å². The van der Waals surface area contributed by atoms with Gasteiger partial charge >= 0.3 is 5.97 Å². The van der Waals surface area contributed by atoms with Gasteiger partial charge in [0.15, 0.2) is 0 Å². The van der Waals surface area contributed by atoms with Crippen LogP contribution in [0.3, 0.4) is 0 Å². The third-order valence-electron chi connectivity index (χ3n) is 3.93. The number of hydrogen-bond donors (Lipinski definition) is 4. The van der Waals surface area contributed by atoms with Crippen LogP contribution in [0, 0.1) is 0 Å². The minimum atomic E-state index is -1.03. The summed E-state index contributed by atoms with van der Waals surface area (Å²) in [5.74, 6) is -1.25. The van der Waals surface area contributed by atoms with Gasteiger partial charge in [-0.15, -0.1) is 0 Å². The Morgan fingerprint density at radius 2 is 1.32 bits per heavy atom. The smallest absolute Gasteiger partial charge is 0.330 e. The van der Waals surface area contributed by atoms with Gasteiger partial charge in [0.25, 0.3) is 0 Å². The van der Waals surface area contributed by atoms with Gasteiger partial charge in [-0.05, 0) is 35.4 Å². The molecule has 0 aliphatic carbocycles. The molecule has 1 atom stereocenters. The standard InChI is InChI=1S/C20H22N2O6/c1-28-20(27)17(22-19(26)11-14-4-8-16(24)9-5-14)12-21-18(25)10-13-2-6-15(23)7-3-13/h2-9,17,23-24H,10-12H2,1H3,(H,21,25)(H,22,26)/t17-/m0/s1. The lowest BCUT2D eigenvalue weighted by atomic mass is 10.1. The Hall–Kier alpha value is -3.55. The van der Waals surface area contributed by atoms with E-state index in [1.54, 1.807) is 24.3 Å². The third kappa shape index (κ3) is 6.64.